The summed E-state index contributed by atoms with van der Waals surface area (Å²) in [5.74, 6) is 1.52. The van der Waals surface area contributed by atoms with Gasteiger partial charge in [0.1, 0.15) is 0 Å². The Morgan fingerprint density at radius 1 is 1.33 bits per heavy atom. The standard InChI is InChI=1S/C14H20N2O2/c1-2-17-13-7-5-6-12(8-10-16)14(13)18-11-4-3-9-15/h5-7H,2-4,8,10-11,16H2,1H3. The van der Waals surface area contributed by atoms with E-state index in [1.54, 1.807) is 0 Å². The zero-order valence-electron chi connectivity index (χ0n) is 10.8. The maximum absolute atomic E-state index is 8.49. The van der Waals surface area contributed by atoms with Crippen molar-refractivity contribution in [2.75, 3.05) is 19.8 Å². The molecule has 0 spiro atoms. The van der Waals surface area contributed by atoms with Crippen LogP contribution in [0, 0.1) is 11.3 Å². The van der Waals surface area contributed by atoms with Crippen molar-refractivity contribution in [2.45, 2.75) is 26.2 Å². The quantitative estimate of drug-likeness (QED) is 0.716. The third-order valence-corrected chi connectivity index (χ3v) is 2.45. The molecule has 0 fully saturated rings. The zero-order chi connectivity index (χ0) is 13.2. The third-order valence-electron chi connectivity index (χ3n) is 2.45. The number of nitrogens with zero attached hydrogens (tertiary/aromatic N) is 1. The summed E-state index contributed by atoms with van der Waals surface area (Å²) in [4.78, 5) is 0. The van der Waals surface area contributed by atoms with Gasteiger partial charge in [0.25, 0.3) is 0 Å². The van der Waals surface area contributed by atoms with Gasteiger partial charge in [-0.1, -0.05) is 12.1 Å². The first-order valence-corrected chi connectivity index (χ1v) is 6.28. The van der Waals surface area contributed by atoms with Gasteiger partial charge in [-0.15, -0.1) is 0 Å². The van der Waals surface area contributed by atoms with Crippen LogP contribution in [0.25, 0.3) is 0 Å². The summed E-state index contributed by atoms with van der Waals surface area (Å²) in [5.41, 5.74) is 6.65. The van der Waals surface area contributed by atoms with Gasteiger partial charge in [-0.25, -0.2) is 0 Å². The fraction of sp³-hybridized carbons (Fsp3) is 0.500. The maximum atomic E-state index is 8.49. The summed E-state index contributed by atoms with van der Waals surface area (Å²) in [7, 11) is 0. The van der Waals surface area contributed by atoms with Gasteiger partial charge in [0.15, 0.2) is 11.5 Å². The minimum atomic E-state index is 0.503. The van der Waals surface area contributed by atoms with Crippen molar-refractivity contribution >= 4 is 0 Å². The Hall–Kier alpha value is -1.73. The average molecular weight is 248 g/mol. The molecule has 0 aliphatic carbocycles. The van der Waals surface area contributed by atoms with Crippen molar-refractivity contribution in [2.24, 2.45) is 5.73 Å². The second-order valence-electron chi connectivity index (χ2n) is 3.83. The van der Waals surface area contributed by atoms with Gasteiger partial charge in [0.05, 0.1) is 19.3 Å². The van der Waals surface area contributed by atoms with Crippen molar-refractivity contribution in [1.82, 2.24) is 0 Å². The van der Waals surface area contributed by atoms with E-state index in [0.717, 1.165) is 29.9 Å². The van der Waals surface area contributed by atoms with Crippen LogP contribution in [-0.2, 0) is 6.42 Å². The predicted molar refractivity (Wildman–Crippen MR) is 70.7 cm³/mol. The van der Waals surface area contributed by atoms with Gasteiger partial charge in [0.2, 0.25) is 0 Å². The molecule has 1 rings (SSSR count). The smallest absolute Gasteiger partial charge is 0.164 e. The zero-order valence-corrected chi connectivity index (χ0v) is 10.8. The lowest BCUT2D eigenvalue weighted by molar-refractivity contribution is 0.272. The van der Waals surface area contributed by atoms with Crippen LogP contribution >= 0.6 is 0 Å². The number of unbranched alkanes of at least 4 members (excludes halogenated alkanes) is 1. The number of hydrogen-bond donors (Lipinski definition) is 1. The summed E-state index contributed by atoms with van der Waals surface area (Å²) in [5, 5.41) is 8.49. The summed E-state index contributed by atoms with van der Waals surface area (Å²) in [6.45, 7) is 3.63. The number of nitrogens with two attached hydrogens (primary N) is 1. The lowest BCUT2D eigenvalue weighted by atomic mass is 10.1. The molecule has 0 aliphatic rings. The van der Waals surface area contributed by atoms with Crippen molar-refractivity contribution in [3.05, 3.63) is 23.8 Å². The molecule has 0 amide bonds. The molecule has 0 saturated carbocycles. The third kappa shape index (κ3) is 4.27. The molecule has 98 valence electrons. The lowest BCUT2D eigenvalue weighted by Crippen LogP contribution is -2.07. The van der Waals surface area contributed by atoms with Gasteiger partial charge in [-0.05, 0) is 37.9 Å². The van der Waals surface area contributed by atoms with Crippen LogP contribution in [-0.4, -0.2) is 19.8 Å². The summed E-state index contributed by atoms with van der Waals surface area (Å²) >= 11 is 0. The Morgan fingerprint density at radius 3 is 2.83 bits per heavy atom. The molecule has 4 nitrogen and oxygen atoms in total. The first-order valence-electron chi connectivity index (χ1n) is 6.28. The molecule has 0 atom stereocenters. The summed E-state index contributed by atoms with van der Waals surface area (Å²) in [6, 6.07) is 7.93. The minimum Gasteiger partial charge on any atom is -0.490 e. The van der Waals surface area contributed by atoms with E-state index in [9.17, 15) is 0 Å². The van der Waals surface area contributed by atoms with Crippen LogP contribution in [0.3, 0.4) is 0 Å². The van der Waals surface area contributed by atoms with Crippen molar-refractivity contribution in [3.8, 4) is 17.6 Å². The fourth-order valence-electron chi connectivity index (χ4n) is 1.67. The van der Waals surface area contributed by atoms with Crippen LogP contribution < -0.4 is 15.2 Å². The number of nitriles is 1. The topological polar surface area (TPSA) is 68.3 Å². The maximum Gasteiger partial charge on any atom is 0.164 e. The highest BCUT2D eigenvalue weighted by Crippen LogP contribution is 2.31. The molecule has 1 aromatic carbocycles. The monoisotopic (exact) mass is 248 g/mol. The lowest BCUT2D eigenvalue weighted by Gasteiger charge is -2.15. The van der Waals surface area contributed by atoms with Gasteiger partial charge in [0, 0.05) is 6.42 Å². The highest BCUT2D eigenvalue weighted by Gasteiger charge is 2.10. The number of ether oxygens (including phenoxy) is 2. The van der Waals surface area contributed by atoms with E-state index in [-0.39, 0.29) is 0 Å². The van der Waals surface area contributed by atoms with E-state index < -0.39 is 0 Å². The van der Waals surface area contributed by atoms with Crippen LogP contribution in [0.5, 0.6) is 11.5 Å². The van der Waals surface area contributed by atoms with E-state index >= 15 is 0 Å². The van der Waals surface area contributed by atoms with E-state index in [2.05, 4.69) is 6.07 Å². The van der Waals surface area contributed by atoms with Crippen LogP contribution in [0.15, 0.2) is 18.2 Å². The van der Waals surface area contributed by atoms with Crippen molar-refractivity contribution in [3.63, 3.8) is 0 Å². The van der Waals surface area contributed by atoms with Crippen LogP contribution in [0.2, 0.25) is 0 Å². The Balaban J connectivity index is 2.78. The second kappa shape index (κ2) is 8.37. The molecule has 0 bridgehead atoms. The molecule has 0 unspecified atom stereocenters. The highest BCUT2D eigenvalue weighted by molar-refractivity contribution is 5.46. The number of para-hydroxylation sites is 1. The minimum absolute atomic E-state index is 0.503. The predicted octanol–water partition coefficient (Wildman–Crippen LogP) is 2.27. The largest absolute Gasteiger partial charge is 0.490 e. The average Bonchev–Trinajstić information content (AvgIpc) is 2.38. The van der Waals surface area contributed by atoms with E-state index in [4.69, 9.17) is 20.5 Å². The first kappa shape index (κ1) is 14.3. The Bertz CT molecular complexity index is 375. The molecule has 0 radical (unpaired) electrons. The van der Waals surface area contributed by atoms with Gasteiger partial charge >= 0.3 is 0 Å². The fourth-order valence-corrected chi connectivity index (χ4v) is 1.67. The molecule has 0 saturated heterocycles. The van der Waals surface area contributed by atoms with Crippen molar-refractivity contribution in [1.29, 1.82) is 5.26 Å². The summed E-state index contributed by atoms with van der Waals surface area (Å²) in [6.07, 6.45) is 1.98. The highest BCUT2D eigenvalue weighted by atomic mass is 16.5. The molecule has 0 aliphatic heterocycles. The Morgan fingerprint density at radius 2 is 2.17 bits per heavy atom. The molecular formula is C14H20N2O2. The molecule has 2 N–H and O–H groups in total. The van der Waals surface area contributed by atoms with Crippen molar-refractivity contribution < 1.29 is 9.47 Å². The number of hydrogen-bond acceptors (Lipinski definition) is 4. The SMILES string of the molecule is CCOc1cccc(CCN)c1OCCCC#N. The van der Waals surface area contributed by atoms with E-state index in [1.807, 2.05) is 25.1 Å². The molecule has 1 aromatic rings. The second-order valence-corrected chi connectivity index (χ2v) is 3.83. The van der Waals surface area contributed by atoms with E-state index in [0.29, 0.717) is 26.2 Å². The van der Waals surface area contributed by atoms with Gasteiger partial charge in [-0.3, -0.25) is 0 Å². The van der Waals surface area contributed by atoms with Gasteiger partial charge in [-0.2, -0.15) is 5.26 Å². The molecule has 0 aromatic heterocycles. The molecule has 0 heterocycles. The normalized spacial score (nSPS) is 9.83. The summed E-state index contributed by atoms with van der Waals surface area (Å²) < 4.78 is 11.3. The molecular weight excluding hydrogens is 228 g/mol. The van der Waals surface area contributed by atoms with Gasteiger partial charge < -0.3 is 15.2 Å². The van der Waals surface area contributed by atoms with Crippen LogP contribution in [0.1, 0.15) is 25.3 Å². The Kier molecular flexibility index (Phi) is 6.67. The Labute approximate surface area is 108 Å². The number of benzene rings is 1. The molecule has 18 heavy (non-hydrogen) atoms. The number of rotatable bonds is 8. The van der Waals surface area contributed by atoms with Crippen LogP contribution in [0.4, 0.5) is 0 Å². The first-order chi connectivity index (χ1) is 8.83. The molecule has 4 heteroatoms. The van der Waals surface area contributed by atoms with E-state index in [1.165, 1.54) is 0 Å².